The number of aliphatic imine (C=N–C) groups is 1. The van der Waals surface area contributed by atoms with Crippen LogP contribution in [0.15, 0.2) is 54.0 Å². The van der Waals surface area contributed by atoms with Crippen LogP contribution < -0.4 is 0 Å². The first-order valence-corrected chi connectivity index (χ1v) is 4.45. The van der Waals surface area contributed by atoms with Crippen molar-refractivity contribution in [2.24, 2.45) is 4.99 Å². The molecule has 0 aliphatic heterocycles. The third-order valence-corrected chi connectivity index (χ3v) is 1.93. The minimum absolute atomic E-state index is 0.911. The number of nitrogens with zero attached hydrogens (tertiary/aromatic N) is 3. The van der Waals surface area contributed by atoms with Gasteiger partial charge < -0.3 is 0 Å². The predicted molar refractivity (Wildman–Crippen MR) is 56.8 cm³/mol. The largest absolute Gasteiger partial charge is 0.294 e. The van der Waals surface area contributed by atoms with E-state index in [1.54, 1.807) is 12.5 Å². The molecule has 70 valence electrons. The maximum Gasteiger partial charge on any atom is 0.111 e. The Bertz CT molecular complexity index is 415. The number of rotatable bonds is 1. The van der Waals surface area contributed by atoms with Gasteiger partial charge in [-0.2, -0.15) is 0 Å². The van der Waals surface area contributed by atoms with Crippen LogP contribution in [-0.2, 0) is 0 Å². The second-order valence-corrected chi connectivity index (χ2v) is 2.96. The molecule has 1 aromatic heterocycles. The van der Waals surface area contributed by atoms with Gasteiger partial charge in [0.2, 0.25) is 0 Å². The molecule has 0 atom stereocenters. The van der Waals surface area contributed by atoms with Crippen LogP contribution in [0, 0.1) is 0 Å². The Hall–Kier alpha value is -1.90. The summed E-state index contributed by atoms with van der Waals surface area (Å²) in [7, 11) is 0. The summed E-state index contributed by atoms with van der Waals surface area (Å²) < 4.78 is 1.88. The minimum atomic E-state index is 0.911. The van der Waals surface area contributed by atoms with E-state index in [1.165, 1.54) is 0 Å². The van der Waals surface area contributed by atoms with Crippen LogP contribution in [0.25, 0.3) is 0 Å². The van der Waals surface area contributed by atoms with Gasteiger partial charge in [-0.1, -0.05) is 18.2 Å². The van der Waals surface area contributed by atoms with E-state index in [4.69, 9.17) is 0 Å². The third kappa shape index (κ3) is 1.88. The van der Waals surface area contributed by atoms with Gasteiger partial charge in [-0.3, -0.25) is 4.57 Å². The molecule has 2 rings (SSSR count). The van der Waals surface area contributed by atoms with Gasteiger partial charge in [-0.05, 0) is 19.1 Å². The summed E-state index contributed by atoms with van der Waals surface area (Å²) in [5.74, 6) is 0.911. The molecule has 1 aromatic carbocycles. The molecule has 0 amide bonds. The number of benzene rings is 1. The number of imidazole rings is 1. The first kappa shape index (κ1) is 8.69. The van der Waals surface area contributed by atoms with Crippen molar-refractivity contribution >= 4 is 11.5 Å². The van der Waals surface area contributed by atoms with Gasteiger partial charge in [0, 0.05) is 12.4 Å². The Balaban J connectivity index is 2.28. The summed E-state index contributed by atoms with van der Waals surface area (Å²) in [6.07, 6.45) is 5.35. The quantitative estimate of drug-likeness (QED) is 0.496. The first-order valence-electron chi connectivity index (χ1n) is 4.45. The molecule has 0 aliphatic rings. The van der Waals surface area contributed by atoms with Crippen LogP contribution >= 0.6 is 0 Å². The van der Waals surface area contributed by atoms with Gasteiger partial charge in [0.1, 0.15) is 12.2 Å². The highest BCUT2D eigenvalue weighted by molar-refractivity contribution is 5.84. The lowest BCUT2D eigenvalue weighted by molar-refractivity contribution is 1.11. The lowest BCUT2D eigenvalue weighted by Crippen LogP contribution is -2.03. The van der Waals surface area contributed by atoms with Crippen LogP contribution in [0.1, 0.15) is 6.92 Å². The van der Waals surface area contributed by atoms with E-state index in [0.29, 0.717) is 0 Å². The van der Waals surface area contributed by atoms with Crippen molar-refractivity contribution in [2.75, 3.05) is 0 Å². The van der Waals surface area contributed by atoms with E-state index in [-0.39, 0.29) is 0 Å². The molecule has 14 heavy (non-hydrogen) atoms. The second kappa shape index (κ2) is 3.87. The highest BCUT2D eigenvalue weighted by atomic mass is 15.1. The summed E-state index contributed by atoms with van der Waals surface area (Å²) in [6, 6.07) is 9.87. The topological polar surface area (TPSA) is 30.2 Å². The minimum Gasteiger partial charge on any atom is -0.294 e. The van der Waals surface area contributed by atoms with Gasteiger partial charge in [-0.15, -0.1) is 0 Å². The molecule has 0 N–H and O–H groups in total. The molecule has 0 saturated heterocycles. The average Bonchev–Trinajstić information content (AvgIpc) is 2.72. The molecule has 2 aromatic rings. The number of aromatic nitrogens is 2. The van der Waals surface area contributed by atoms with E-state index in [0.717, 1.165) is 11.5 Å². The molecule has 1 heterocycles. The average molecular weight is 185 g/mol. The predicted octanol–water partition coefficient (Wildman–Crippen LogP) is 2.48. The normalized spacial score (nSPS) is 11.6. The summed E-state index contributed by atoms with van der Waals surface area (Å²) in [4.78, 5) is 8.41. The Morgan fingerprint density at radius 3 is 2.71 bits per heavy atom. The van der Waals surface area contributed by atoms with Crippen LogP contribution in [0.5, 0.6) is 0 Å². The highest BCUT2D eigenvalue weighted by Gasteiger charge is 1.93. The summed E-state index contributed by atoms with van der Waals surface area (Å²) in [6.45, 7) is 1.95. The zero-order valence-electron chi connectivity index (χ0n) is 7.96. The van der Waals surface area contributed by atoms with E-state index in [9.17, 15) is 0 Å². The molecule has 0 aliphatic carbocycles. The van der Waals surface area contributed by atoms with E-state index in [1.807, 2.05) is 48.0 Å². The summed E-state index contributed by atoms with van der Waals surface area (Å²) in [5.41, 5.74) is 0.957. The Labute approximate surface area is 82.8 Å². The number of para-hydroxylation sites is 1. The fourth-order valence-corrected chi connectivity index (χ4v) is 1.20. The monoisotopic (exact) mass is 185 g/mol. The van der Waals surface area contributed by atoms with E-state index < -0.39 is 0 Å². The van der Waals surface area contributed by atoms with Crippen molar-refractivity contribution in [3.8, 4) is 0 Å². The number of hydrogen-bond donors (Lipinski definition) is 0. The standard InChI is InChI=1S/C11H11N3/c1-10(14-8-7-12-9-14)13-11-5-3-2-4-6-11/h2-9H,1H3/b13-10+. The van der Waals surface area contributed by atoms with Crippen molar-refractivity contribution in [1.82, 2.24) is 9.55 Å². The SMILES string of the molecule is C/C(=N\c1ccccc1)n1ccnc1. The highest BCUT2D eigenvalue weighted by Crippen LogP contribution is 2.10. The fraction of sp³-hybridized carbons (Fsp3) is 0.0909. The van der Waals surface area contributed by atoms with Gasteiger partial charge >= 0.3 is 0 Å². The Morgan fingerprint density at radius 2 is 2.07 bits per heavy atom. The molecule has 3 heteroatoms. The number of hydrogen-bond acceptors (Lipinski definition) is 2. The van der Waals surface area contributed by atoms with Gasteiger partial charge in [0.05, 0.1) is 5.69 Å². The van der Waals surface area contributed by atoms with E-state index in [2.05, 4.69) is 9.98 Å². The molecule has 0 spiro atoms. The van der Waals surface area contributed by atoms with Crippen molar-refractivity contribution in [1.29, 1.82) is 0 Å². The van der Waals surface area contributed by atoms with Crippen molar-refractivity contribution in [2.45, 2.75) is 6.92 Å². The first-order chi connectivity index (χ1) is 6.86. The summed E-state index contributed by atoms with van der Waals surface area (Å²) >= 11 is 0. The van der Waals surface area contributed by atoms with Gasteiger partial charge in [0.25, 0.3) is 0 Å². The van der Waals surface area contributed by atoms with Crippen LogP contribution in [-0.4, -0.2) is 15.4 Å². The van der Waals surface area contributed by atoms with Crippen molar-refractivity contribution < 1.29 is 0 Å². The van der Waals surface area contributed by atoms with E-state index >= 15 is 0 Å². The molecular formula is C11H11N3. The molecular weight excluding hydrogens is 174 g/mol. The van der Waals surface area contributed by atoms with Crippen LogP contribution in [0.3, 0.4) is 0 Å². The Morgan fingerprint density at radius 1 is 1.29 bits per heavy atom. The van der Waals surface area contributed by atoms with Gasteiger partial charge in [0.15, 0.2) is 0 Å². The molecule has 0 saturated carbocycles. The van der Waals surface area contributed by atoms with Crippen LogP contribution in [0.2, 0.25) is 0 Å². The molecule has 0 radical (unpaired) electrons. The second-order valence-electron chi connectivity index (χ2n) is 2.96. The molecule has 0 bridgehead atoms. The molecule has 3 nitrogen and oxygen atoms in total. The van der Waals surface area contributed by atoms with Crippen LogP contribution in [0.4, 0.5) is 5.69 Å². The molecule has 0 unspecified atom stereocenters. The lowest BCUT2D eigenvalue weighted by Gasteiger charge is -2.00. The van der Waals surface area contributed by atoms with Crippen molar-refractivity contribution in [3.05, 3.63) is 49.1 Å². The zero-order valence-corrected chi connectivity index (χ0v) is 7.96. The fourth-order valence-electron chi connectivity index (χ4n) is 1.20. The third-order valence-electron chi connectivity index (χ3n) is 1.93. The maximum absolute atomic E-state index is 4.44. The Kier molecular flexibility index (Phi) is 2.40. The van der Waals surface area contributed by atoms with Crippen molar-refractivity contribution in [3.63, 3.8) is 0 Å². The zero-order chi connectivity index (χ0) is 9.80. The van der Waals surface area contributed by atoms with Gasteiger partial charge in [-0.25, -0.2) is 9.98 Å². The molecule has 0 fully saturated rings. The smallest absolute Gasteiger partial charge is 0.111 e. The summed E-state index contributed by atoms with van der Waals surface area (Å²) in [5, 5.41) is 0. The lowest BCUT2D eigenvalue weighted by atomic mass is 10.3. The maximum atomic E-state index is 4.44.